The van der Waals surface area contributed by atoms with Crippen molar-refractivity contribution >= 4 is 23.0 Å². The molecule has 142 valence electrons. The van der Waals surface area contributed by atoms with Gasteiger partial charge in [0.25, 0.3) is 11.6 Å². The third kappa shape index (κ3) is 4.54. The quantitative estimate of drug-likeness (QED) is 0.496. The van der Waals surface area contributed by atoms with Crippen LogP contribution in [0.25, 0.3) is 0 Å². The molecule has 0 saturated carbocycles. The summed E-state index contributed by atoms with van der Waals surface area (Å²) in [5.41, 5.74) is 3.31. The molecular formula is C22H21N3O3. The van der Waals surface area contributed by atoms with Gasteiger partial charge in [-0.25, -0.2) is 0 Å². The second kappa shape index (κ2) is 8.35. The summed E-state index contributed by atoms with van der Waals surface area (Å²) in [5, 5.41) is 14.4. The summed E-state index contributed by atoms with van der Waals surface area (Å²) in [6, 6.07) is 21.6. The fourth-order valence-electron chi connectivity index (χ4n) is 3.00. The molecule has 3 aromatic carbocycles. The van der Waals surface area contributed by atoms with E-state index in [-0.39, 0.29) is 17.2 Å². The van der Waals surface area contributed by atoms with Crippen LogP contribution in [0.4, 0.5) is 17.1 Å². The van der Waals surface area contributed by atoms with Gasteiger partial charge >= 0.3 is 0 Å². The van der Waals surface area contributed by atoms with Gasteiger partial charge in [0.2, 0.25) is 0 Å². The smallest absolute Gasteiger partial charge is 0.293 e. The number of hydrogen-bond donors (Lipinski definition) is 1. The van der Waals surface area contributed by atoms with Crippen LogP contribution in [0.15, 0.2) is 72.8 Å². The van der Waals surface area contributed by atoms with E-state index < -0.39 is 4.92 Å². The molecule has 3 rings (SSSR count). The van der Waals surface area contributed by atoms with Crippen molar-refractivity contribution in [2.45, 2.75) is 13.5 Å². The lowest BCUT2D eigenvalue weighted by atomic mass is 10.1. The third-order valence-corrected chi connectivity index (χ3v) is 4.38. The van der Waals surface area contributed by atoms with Crippen LogP contribution in [-0.2, 0) is 6.54 Å². The Kier molecular flexibility index (Phi) is 5.69. The summed E-state index contributed by atoms with van der Waals surface area (Å²) in [4.78, 5) is 25.5. The zero-order valence-electron chi connectivity index (χ0n) is 15.8. The topological polar surface area (TPSA) is 75.5 Å². The Hall–Kier alpha value is -3.67. The highest BCUT2D eigenvalue weighted by molar-refractivity contribution is 6.05. The summed E-state index contributed by atoms with van der Waals surface area (Å²) in [6.07, 6.45) is 0. The van der Waals surface area contributed by atoms with Crippen LogP contribution < -0.4 is 10.2 Å². The molecule has 0 heterocycles. The van der Waals surface area contributed by atoms with Gasteiger partial charge in [0, 0.05) is 30.9 Å². The maximum atomic E-state index is 12.5. The highest BCUT2D eigenvalue weighted by atomic mass is 16.6. The van der Waals surface area contributed by atoms with E-state index in [9.17, 15) is 14.9 Å². The molecule has 3 aromatic rings. The molecule has 0 aliphatic heterocycles. The zero-order chi connectivity index (χ0) is 20.1. The average Bonchev–Trinajstić information content (AvgIpc) is 2.68. The molecule has 6 heteroatoms. The molecule has 0 unspecified atom stereocenters. The molecule has 0 aliphatic rings. The molecule has 0 fully saturated rings. The number of nitrogens with zero attached hydrogens (tertiary/aromatic N) is 2. The number of carbonyl (C=O) groups is 1. The van der Waals surface area contributed by atoms with E-state index in [1.807, 2.05) is 55.5 Å². The lowest BCUT2D eigenvalue weighted by Gasteiger charge is -2.19. The van der Waals surface area contributed by atoms with Crippen molar-refractivity contribution in [2.24, 2.45) is 0 Å². The molecule has 0 atom stereocenters. The van der Waals surface area contributed by atoms with Crippen molar-refractivity contribution in [2.75, 3.05) is 17.3 Å². The Morgan fingerprint density at radius 1 is 1.04 bits per heavy atom. The molecule has 1 amide bonds. The second-order valence-corrected chi connectivity index (χ2v) is 6.63. The highest BCUT2D eigenvalue weighted by Crippen LogP contribution is 2.30. The third-order valence-electron chi connectivity index (χ3n) is 4.38. The van der Waals surface area contributed by atoms with Crippen molar-refractivity contribution in [3.05, 3.63) is 99.6 Å². The predicted molar refractivity (Wildman–Crippen MR) is 111 cm³/mol. The zero-order valence-corrected chi connectivity index (χ0v) is 15.8. The number of aryl methyl sites for hydroxylation is 1. The van der Waals surface area contributed by atoms with Crippen LogP contribution in [0.3, 0.4) is 0 Å². The number of nitrogens with one attached hydrogen (secondary N) is 1. The van der Waals surface area contributed by atoms with Crippen molar-refractivity contribution in [3.8, 4) is 0 Å². The molecule has 0 spiro atoms. The van der Waals surface area contributed by atoms with Gasteiger partial charge < -0.3 is 10.2 Å². The van der Waals surface area contributed by atoms with E-state index in [0.717, 1.165) is 11.1 Å². The van der Waals surface area contributed by atoms with E-state index in [4.69, 9.17) is 0 Å². The van der Waals surface area contributed by atoms with Gasteiger partial charge in [-0.15, -0.1) is 0 Å². The number of benzene rings is 3. The van der Waals surface area contributed by atoms with Gasteiger partial charge in [0.1, 0.15) is 5.69 Å². The molecule has 0 aromatic heterocycles. The van der Waals surface area contributed by atoms with E-state index in [2.05, 4.69) is 5.32 Å². The van der Waals surface area contributed by atoms with Gasteiger partial charge in [0.05, 0.1) is 4.92 Å². The number of nitro benzene ring substituents is 1. The van der Waals surface area contributed by atoms with Crippen molar-refractivity contribution in [3.63, 3.8) is 0 Å². The minimum Gasteiger partial charge on any atom is -0.365 e. The molecule has 28 heavy (non-hydrogen) atoms. The van der Waals surface area contributed by atoms with Crippen LogP contribution in [0, 0.1) is 17.0 Å². The molecule has 0 saturated heterocycles. The van der Waals surface area contributed by atoms with Crippen LogP contribution >= 0.6 is 0 Å². The Morgan fingerprint density at radius 3 is 2.46 bits per heavy atom. The molecule has 0 radical (unpaired) electrons. The van der Waals surface area contributed by atoms with Gasteiger partial charge in [-0.05, 0) is 42.3 Å². The number of amides is 1. The lowest BCUT2D eigenvalue weighted by molar-refractivity contribution is -0.384. The first-order valence-electron chi connectivity index (χ1n) is 8.85. The van der Waals surface area contributed by atoms with Gasteiger partial charge in [0.15, 0.2) is 0 Å². The predicted octanol–water partition coefficient (Wildman–Crippen LogP) is 4.79. The summed E-state index contributed by atoms with van der Waals surface area (Å²) in [5.74, 6) is -0.383. The standard InChI is InChI=1S/C22H21N3O3/c1-16-7-6-10-19(13-16)23-22(26)18-11-12-20(21(14-18)25(27)28)24(2)15-17-8-4-3-5-9-17/h3-14H,15H2,1-2H3,(H,23,26). The van der Waals surface area contributed by atoms with Crippen molar-refractivity contribution in [1.82, 2.24) is 0 Å². The summed E-state index contributed by atoms with van der Waals surface area (Å²) in [7, 11) is 1.79. The Labute approximate surface area is 163 Å². The number of nitro groups is 1. The fraction of sp³-hybridized carbons (Fsp3) is 0.136. The number of carbonyl (C=O) groups excluding carboxylic acids is 1. The number of hydrogen-bond acceptors (Lipinski definition) is 4. The molecule has 6 nitrogen and oxygen atoms in total. The van der Waals surface area contributed by atoms with E-state index in [1.54, 1.807) is 30.1 Å². The SMILES string of the molecule is Cc1cccc(NC(=O)c2ccc(N(C)Cc3ccccc3)c([N+](=O)[O-])c2)c1. The van der Waals surface area contributed by atoms with Gasteiger partial charge in [-0.1, -0.05) is 42.5 Å². The summed E-state index contributed by atoms with van der Waals surface area (Å²) >= 11 is 0. The summed E-state index contributed by atoms with van der Waals surface area (Å²) < 4.78 is 0. The molecule has 0 aliphatic carbocycles. The minimum atomic E-state index is -0.458. The van der Waals surface area contributed by atoms with Gasteiger partial charge in [-0.3, -0.25) is 14.9 Å². The fourth-order valence-corrected chi connectivity index (χ4v) is 3.00. The number of anilines is 2. The monoisotopic (exact) mass is 375 g/mol. The average molecular weight is 375 g/mol. The Bertz CT molecular complexity index is 1000. The summed E-state index contributed by atoms with van der Waals surface area (Å²) in [6.45, 7) is 2.45. The minimum absolute atomic E-state index is 0.102. The first kappa shape index (κ1) is 19.1. The maximum Gasteiger partial charge on any atom is 0.293 e. The first-order chi connectivity index (χ1) is 13.4. The van der Waals surface area contributed by atoms with Crippen LogP contribution in [0.2, 0.25) is 0 Å². The van der Waals surface area contributed by atoms with E-state index >= 15 is 0 Å². The Balaban J connectivity index is 1.84. The van der Waals surface area contributed by atoms with Crippen LogP contribution in [0.1, 0.15) is 21.5 Å². The normalized spacial score (nSPS) is 10.4. The first-order valence-corrected chi connectivity index (χ1v) is 8.85. The van der Waals surface area contributed by atoms with E-state index in [0.29, 0.717) is 17.9 Å². The van der Waals surface area contributed by atoms with Crippen LogP contribution in [0.5, 0.6) is 0 Å². The lowest BCUT2D eigenvalue weighted by Crippen LogP contribution is -2.18. The van der Waals surface area contributed by atoms with Crippen LogP contribution in [-0.4, -0.2) is 17.9 Å². The van der Waals surface area contributed by atoms with Crippen molar-refractivity contribution < 1.29 is 9.72 Å². The Morgan fingerprint density at radius 2 is 1.79 bits per heavy atom. The second-order valence-electron chi connectivity index (χ2n) is 6.63. The van der Waals surface area contributed by atoms with Crippen molar-refractivity contribution in [1.29, 1.82) is 0 Å². The van der Waals surface area contributed by atoms with Gasteiger partial charge in [-0.2, -0.15) is 0 Å². The maximum absolute atomic E-state index is 12.5. The molecular weight excluding hydrogens is 354 g/mol. The molecule has 0 bridgehead atoms. The highest BCUT2D eigenvalue weighted by Gasteiger charge is 2.20. The molecule has 1 N–H and O–H groups in total. The largest absolute Gasteiger partial charge is 0.365 e. The van der Waals surface area contributed by atoms with E-state index in [1.165, 1.54) is 6.07 Å². The number of rotatable bonds is 6.